The van der Waals surface area contributed by atoms with Crippen LogP contribution in [-0.4, -0.2) is 70.5 Å². The largest absolute Gasteiger partial charge is 0.495 e. The summed E-state index contributed by atoms with van der Waals surface area (Å²) in [4.78, 5) is 17.0. The Hall–Kier alpha value is -2.68. The zero-order valence-corrected chi connectivity index (χ0v) is 18.8. The fourth-order valence-corrected chi connectivity index (χ4v) is 4.74. The summed E-state index contributed by atoms with van der Waals surface area (Å²) in [5, 5.41) is 0. The lowest BCUT2D eigenvalue weighted by Crippen LogP contribution is -2.48. The van der Waals surface area contributed by atoms with Crippen LogP contribution in [0, 0.1) is 0 Å². The van der Waals surface area contributed by atoms with E-state index in [1.54, 1.807) is 17.9 Å². The van der Waals surface area contributed by atoms with Crippen LogP contribution in [0.2, 0.25) is 0 Å². The van der Waals surface area contributed by atoms with Crippen LogP contribution in [0.25, 0.3) is 6.08 Å². The summed E-state index contributed by atoms with van der Waals surface area (Å²) in [6.07, 6.45) is 4.23. The number of rotatable bonds is 8. The standard InChI is InChI=1S/C23H29N3O4S/c1-3-24-31(28,29)22-18-20(11-12-21(22)30-2)23(27)26-16-14-25(15-17-26)13-7-10-19-8-5-4-6-9-19/h4-12,18,24H,3,13-17H2,1-2H3/b10-7+. The number of hydrogen-bond donors (Lipinski definition) is 1. The van der Waals surface area contributed by atoms with Gasteiger partial charge in [-0.2, -0.15) is 0 Å². The summed E-state index contributed by atoms with van der Waals surface area (Å²) in [7, 11) is -2.33. The Kier molecular flexibility index (Phi) is 7.84. The van der Waals surface area contributed by atoms with Gasteiger partial charge in [0.25, 0.3) is 5.91 Å². The molecule has 1 aliphatic heterocycles. The molecule has 0 aromatic heterocycles. The van der Waals surface area contributed by atoms with Gasteiger partial charge in [0.15, 0.2) is 0 Å². The SMILES string of the molecule is CCNS(=O)(=O)c1cc(C(=O)N2CCN(C/C=C/c3ccccc3)CC2)ccc1OC. The molecule has 1 N–H and O–H groups in total. The second-order valence-electron chi connectivity index (χ2n) is 7.27. The third-order valence-corrected chi connectivity index (χ3v) is 6.73. The Morgan fingerprint density at radius 3 is 2.45 bits per heavy atom. The second-order valence-corrected chi connectivity index (χ2v) is 9.01. The number of benzene rings is 2. The van der Waals surface area contributed by atoms with Crippen LogP contribution in [0.4, 0.5) is 0 Å². The number of carbonyl (C=O) groups is 1. The van der Waals surface area contributed by atoms with E-state index >= 15 is 0 Å². The molecular formula is C23H29N3O4S. The molecule has 1 amide bonds. The maximum atomic E-state index is 13.0. The van der Waals surface area contributed by atoms with Gasteiger partial charge >= 0.3 is 0 Å². The number of ether oxygens (including phenoxy) is 1. The maximum Gasteiger partial charge on any atom is 0.253 e. The highest BCUT2D eigenvalue weighted by molar-refractivity contribution is 7.89. The Balaban J connectivity index is 1.62. The molecule has 7 nitrogen and oxygen atoms in total. The van der Waals surface area contributed by atoms with Crippen molar-refractivity contribution < 1.29 is 17.9 Å². The van der Waals surface area contributed by atoms with E-state index in [2.05, 4.69) is 33.9 Å². The number of piperazine rings is 1. The van der Waals surface area contributed by atoms with Gasteiger partial charge < -0.3 is 9.64 Å². The number of carbonyl (C=O) groups excluding carboxylic acids is 1. The molecule has 0 atom stereocenters. The third-order valence-electron chi connectivity index (χ3n) is 5.17. The highest BCUT2D eigenvalue weighted by Gasteiger charge is 2.25. The molecule has 0 unspecified atom stereocenters. The lowest BCUT2D eigenvalue weighted by atomic mass is 10.1. The van der Waals surface area contributed by atoms with E-state index in [4.69, 9.17) is 4.74 Å². The van der Waals surface area contributed by atoms with Crippen LogP contribution in [0.1, 0.15) is 22.8 Å². The van der Waals surface area contributed by atoms with Crippen LogP contribution in [0.15, 0.2) is 59.5 Å². The van der Waals surface area contributed by atoms with Crippen LogP contribution in [0.5, 0.6) is 5.75 Å². The van der Waals surface area contributed by atoms with E-state index in [-0.39, 0.29) is 23.1 Å². The first-order valence-corrected chi connectivity index (χ1v) is 11.8. The molecule has 0 spiro atoms. The fourth-order valence-electron chi connectivity index (χ4n) is 3.51. The minimum atomic E-state index is -3.74. The average Bonchev–Trinajstić information content (AvgIpc) is 2.79. The smallest absolute Gasteiger partial charge is 0.253 e. The van der Waals surface area contributed by atoms with Gasteiger partial charge in [-0.25, -0.2) is 13.1 Å². The summed E-state index contributed by atoms with van der Waals surface area (Å²) >= 11 is 0. The summed E-state index contributed by atoms with van der Waals surface area (Å²) < 4.78 is 32.6. The molecule has 0 aliphatic carbocycles. The lowest BCUT2D eigenvalue weighted by molar-refractivity contribution is 0.0650. The zero-order chi connectivity index (χ0) is 22.3. The van der Waals surface area contributed by atoms with Gasteiger partial charge in [-0.3, -0.25) is 9.69 Å². The topological polar surface area (TPSA) is 79.0 Å². The molecular weight excluding hydrogens is 414 g/mol. The molecule has 0 saturated carbocycles. The minimum absolute atomic E-state index is 0.0209. The molecule has 0 radical (unpaired) electrons. The number of sulfonamides is 1. The van der Waals surface area contributed by atoms with Crippen molar-refractivity contribution in [3.8, 4) is 5.75 Å². The van der Waals surface area contributed by atoms with E-state index < -0.39 is 10.0 Å². The van der Waals surface area contributed by atoms with E-state index in [9.17, 15) is 13.2 Å². The highest BCUT2D eigenvalue weighted by atomic mass is 32.2. The predicted octanol–water partition coefficient (Wildman–Crippen LogP) is 2.46. The van der Waals surface area contributed by atoms with Crippen molar-refractivity contribution in [3.63, 3.8) is 0 Å². The van der Waals surface area contributed by atoms with Gasteiger partial charge in [-0.15, -0.1) is 0 Å². The molecule has 1 heterocycles. The third kappa shape index (κ3) is 5.94. The fraction of sp³-hybridized carbons (Fsp3) is 0.348. The summed E-state index contributed by atoms with van der Waals surface area (Å²) in [5.41, 5.74) is 1.51. The van der Waals surface area contributed by atoms with Crippen molar-refractivity contribution in [1.29, 1.82) is 0 Å². The van der Waals surface area contributed by atoms with E-state index in [1.165, 1.54) is 24.8 Å². The normalized spacial score (nSPS) is 15.4. The summed E-state index contributed by atoms with van der Waals surface area (Å²) in [6, 6.07) is 14.7. The summed E-state index contributed by atoms with van der Waals surface area (Å²) in [5.74, 6) is 0.0441. The molecule has 166 valence electrons. The van der Waals surface area contributed by atoms with Gasteiger partial charge in [0, 0.05) is 44.8 Å². The zero-order valence-electron chi connectivity index (χ0n) is 18.0. The Morgan fingerprint density at radius 2 is 1.81 bits per heavy atom. The van der Waals surface area contributed by atoms with Crippen molar-refractivity contribution in [3.05, 3.63) is 65.7 Å². The van der Waals surface area contributed by atoms with Crippen LogP contribution < -0.4 is 9.46 Å². The summed E-state index contributed by atoms with van der Waals surface area (Å²) in [6.45, 7) is 5.51. The lowest BCUT2D eigenvalue weighted by Gasteiger charge is -2.34. The maximum absolute atomic E-state index is 13.0. The quantitative estimate of drug-likeness (QED) is 0.678. The second kappa shape index (κ2) is 10.6. The minimum Gasteiger partial charge on any atom is -0.495 e. The van der Waals surface area contributed by atoms with E-state index in [0.29, 0.717) is 18.7 Å². The van der Waals surface area contributed by atoms with Crippen molar-refractivity contribution >= 4 is 22.0 Å². The van der Waals surface area contributed by atoms with Crippen LogP contribution in [0.3, 0.4) is 0 Å². The average molecular weight is 444 g/mol. The molecule has 1 saturated heterocycles. The number of amides is 1. The number of hydrogen-bond acceptors (Lipinski definition) is 5. The van der Waals surface area contributed by atoms with Crippen molar-refractivity contribution in [2.75, 3.05) is 46.4 Å². The van der Waals surface area contributed by atoms with Gasteiger partial charge in [0.05, 0.1) is 7.11 Å². The van der Waals surface area contributed by atoms with Gasteiger partial charge in [-0.05, 0) is 23.8 Å². The highest BCUT2D eigenvalue weighted by Crippen LogP contribution is 2.25. The number of methoxy groups -OCH3 is 1. The first-order chi connectivity index (χ1) is 14.9. The van der Waals surface area contributed by atoms with Crippen LogP contribution >= 0.6 is 0 Å². The first kappa shape index (κ1) is 23.0. The molecule has 1 aliphatic rings. The van der Waals surface area contributed by atoms with Gasteiger partial charge in [0.2, 0.25) is 10.0 Å². The molecule has 0 bridgehead atoms. The molecule has 3 rings (SSSR count). The molecule has 31 heavy (non-hydrogen) atoms. The molecule has 1 fully saturated rings. The van der Waals surface area contributed by atoms with Gasteiger partial charge in [-0.1, -0.05) is 49.4 Å². The van der Waals surface area contributed by atoms with Crippen molar-refractivity contribution in [2.24, 2.45) is 0 Å². The van der Waals surface area contributed by atoms with Crippen LogP contribution in [-0.2, 0) is 10.0 Å². The van der Waals surface area contributed by atoms with E-state index in [0.717, 1.165) is 19.6 Å². The van der Waals surface area contributed by atoms with Crippen molar-refractivity contribution in [2.45, 2.75) is 11.8 Å². The molecule has 2 aromatic rings. The van der Waals surface area contributed by atoms with E-state index in [1.807, 2.05) is 18.2 Å². The Morgan fingerprint density at radius 1 is 1.10 bits per heavy atom. The predicted molar refractivity (Wildman–Crippen MR) is 122 cm³/mol. The monoisotopic (exact) mass is 443 g/mol. The number of nitrogens with zero attached hydrogens (tertiary/aromatic N) is 2. The van der Waals surface area contributed by atoms with Gasteiger partial charge in [0.1, 0.15) is 10.6 Å². The Bertz CT molecular complexity index is 1010. The molecule has 8 heteroatoms. The molecule has 2 aromatic carbocycles. The van der Waals surface area contributed by atoms with Crippen molar-refractivity contribution in [1.82, 2.24) is 14.5 Å². The Labute approximate surface area is 184 Å². The number of nitrogens with one attached hydrogen (secondary N) is 1. The first-order valence-electron chi connectivity index (χ1n) is 10.4.